The predicted molar refractivity (Wildman–Crippen MR) is 66.2 cm³/mol. The van der Waals surface area contributed by atoms with E-state index in [4.69, 9.17) is 4.74 Å². The van der Waals surface area contributed by atoms with E-state index in [0.717, 1.165) is 18.7 Å². The lowest BCUT2D eigenvalue weighted by molar-refractivity contribution is -0.144. The minimum atomic E-state index is -4.41. The molecule has 110 valence electrons. The van der Waals surface area contributed by atoms with E-state index >= 15 is 0 Å². The van der Waals surface area contributed by atoms with Crippen LogP contribution >= 0.6 is 0 Å². The summed E-state index contributed by atoms with van der Waals surface area (Å²) in [5, 5.41) is 0. The quantitative estimate of drug-likeness (QED) is 0.802. The summed E-state index contributed by atoms with van der Waals surface area (Å²) < 4.78 is 42.4. The van der Waals surface area contributed by atoms with Gasteiger partial charge >= 0.3 is 12.1 Å². The molecular formula is C13H15F3N2O2. The van der Waals surface area contributed by atoms with Crippen LogP contribution in [0.2, 0.25) is 0 Å². The molecule has 1 saturated heterocycles. The van der Waals surface area contributed by atoms with Gasteiger partial charge in [0, 0.05) is 12.7 Å². The highest BCUT2D eigenvalue weighted by Gasteiger charge is 2.34. The molecule has 0 spiro atoms. The Balaban J connectivity index is 2.16. The van der Waals surface area contributed by atoms with Crippen molar-refractivity contribution in [2.45, 2.75) is 32.0 Å². The first kappa shape index (κ1) is 14.6. The first-order valence-electron chi connectivity index (χ1n) is 6.40. The molecule has 0 aliphatic carbocycles. The van der Waals surface area contributed by atoms with Gasteiger partial charge in [-0.15, -0.1) is 0 Å². The van der Waals surface area contributed by atoms with Gasteiger partial charge in [0.05, 0.1) is 12.2 Å². The molecule has 2 heterocycles. The number of aromatic nitrogens is 1. The highest BCUT2D eigenvalue weighted by atomic mass is 19.4. The molecule has 7 heteroatoms. The fourth-order valence-corrected chi connectivity index (χ4v) is 2.25. The number of carbonyl (C=O) groups excluding carboxylic acids is 1. The smallest absolute Gasteiger partial charge is 0.417 e. The second-order valence-corrected chi connectivity index (χ2v) is 4.51. The Hall–Kier alpha value is -1.79. The Labute approximate surface area is 114 Å². The topological polar surface area (TPSA) is 42.4 Å². The van der Waals surface area contributed by atoms with E-state index in [1.165, 1.54) is 6.07 Å². The summed E-state index contributed by atoms with van der Waals surface area (Å²) >= 11 is 0. The molecule has 1 aliphatic rings. The number of carbonyl (C=O) groups is 1. The van der Waals surface area contributed by atoms with Gasteiger partial charge in [0.2, 0.25) is 0 Å². The van der Waals surface area contributed by atoms with E-state index < -0.39 is 17.8 Å². The Morgan fingerprint density at radius 3 is 2.80 bits per heavy atom. The van der Waals surface area contributed by atoms with Crippen molar-refractivity contribution in [2.24, 2.45) is 0 Å². The Morgan fingerprint density at radius 1 is 1.50 bits per heavy atom. The second-order valence-electron chi connectivity index (χ2n) is 4.51. The van der Waals surface area contributed by atoms with Crippen LogP contribution in [0.5, 0.6) is 0 Å². The van der Waals surface area contributed by atoms with Crippen LogP contribution in [0.15, 0.2) is 18.3 Å². The van der Waals surface area contributed by atoms with Gasteiger partial charge < -0.3 is 9.64 Å². The molecule has 0 saturated carbocycles. The van der Waals surface area contributed by atoms with Crippen molar-refractivity contribution in [1.82, 2.24) is 4.98 Å². The molecule has 2 rings (SSSR count). The van der Waals surface area contributed by atoms with Crippen molar-refractivity contribution in [3.63, 3.8) is 0 Å². The van der Waals surface area contributed by atoms with Gasteiger partial charge in [-0.05, 0) is 31.9 Å². The molecule has 1 unspecified atom stereocenters. The maximum atomic E-state index is 12.5. The van der Waals surface area contributed by atoms with Crippen LogP contribution in [-0.4, -0.2) is 30.1 Å². The Morgan fingerprint density at radius 2 is 2.25 bits per heavy atom. The highest BCUT2D eigenvalue weighted by molar-refractivity contribution is 5.80. The number of pyridine rings is 1. The third-order valence-corrected chi connectivity index (χ3v) is 3.18. The molecule has 0 amide bonds. The molecule has 0 aromatic carbocycles. The lowest BCUT2D eigenvalue weighted by Crippen LogP contribution is -2.37. The van der Waals surface area contributed by atoms with Gasteiger partial charge in [-0.25, -0.2) is 9.78 Å². The number of ether oxygens (including phenoxy) is 1. The van der Waals surface area contributed by atoms with Crippen LogP contribution in [0, 0.1) is 0 Å². The van der Waals surface area contributed by atoms with Crippen LogP contribution < -0.4 is 4.90 Å². The molecule has 0 radical (unpaired) electrons. The summed E-state index contributed by atoms with van der Waals surface area (Å²) in [6.45, 7) is 2.58. The van der Waals surface area contributed by atoms with Crippen molar-refractivity contribution >= 4 is 11.8 Å². The molecule has 20 heavy (non-hydrogen) atoms. The van der Waals surface area contributed by atoms with E-state index in [0.29, 0.717) is 18.8 Å². The van der Waals surface area contributed by atoms with Crippen molar-refractivity contribution in [3.8, 4) is 0 Å². The van der Waals surface area contributed by atoms with Gasteiger partial charge in [0.25, 0.3) is 0 Å². The minimum absolute atomic E-state index is 0.281. The van der Waals surface area contributed by atoms with Gasteiger partial charge in [-0.1, -0.05) is 0 Å². The number of halogens is 3. The van der Waals surface area contributed by atoms with Crippen LogP contribution in [0.1, 0.15) is 25.3 Å². The molecular weight excluding hydrogens is 273 g/mol. The number of alkyl halides is 3. The van der Waals surface area contributed by atoms with Crippen molar-refractivity contribution < 1.29 is 22.7 Å². The zero-order chi connectivity index (χ0) is 14.8. The summed E-state index contributed by atoms with van der Waals surface area (Å²) in [4.78, 5) is 17.3. The number of hydrogen-bond donors (Lipinski definition) is 0. The molecule has 1 aromatic heterocycles. The van der Waals surface area contributed by atoms with E-state index in [2.05, 4.69) is 4.98 Å². The Kier molecular flexibility index (Phi) is 4.15. The predicted octanol–water partition coefficient (Wildman–Crippen LogP) is 2.63. The van der Waals surface area contributed by atoms with Crippen LogP contribution in [0.4, 0.5) is 19.0 Å². The molecule has 0 bridgehead atoms. The van der Waals surface area contributed by atoms with Gasteiger partial charge in [0.15, 0.2) is 0 Å². The van der Waals surface area contributed by atoms with E-state index in [1.54, 1.807) is 11.8 Å². The second kappa shape index (κ2) is 5.68. The van der Waals surface area contributed by atoms with Crippen LogP contribution in [-0.2, 0) is 15.7 Å². The fourth-order valence-electron chi connectivity index (χ4n) is 2.25. The average molecular weight is 288 g/mol. The van der Waals surface area contributed by atoms with E-state index in [1.807, 2.05) is 0 Å². The molecule has 1 atom stereocenters. The number of esters is 1. The van der Waals surface area contributed by atoms with Gasteiger partial charge in [0.1, 0.15) is 11.9 Å². The summed E-state index contributed by atoms with van der Waals surface area (Å²) in [6, 6.07) is 1.81. The standard InChI is InChI=1S/C13H15F3N2O2/c1-2-20-12(19)10-4-3-7-18(10)11-6-5-9(8-17-11)13(14,15)16/h5-6,8,10H,2-4,7H2,1H3. The third kappa shape index (κ3) is 3.02. The molecule has 1 aromatic rings. The van der Waals surface area contributed by atoms with E-state index in [9.17, 15) is 18.0 Å². The molecule has 4 nitrogen and oxygen atoms in total. The lowest BCUT2D eigenvalue weighted by atomic mass is 10.2. The zero-order valence-corrected chi connectivity index (χ0v) is 11.0. The summed E-state index contributed by atoms with van der Waals surface area (Å²) in [5.74, 6) is 0.0141. The minimum Gasteiger partial charge on any atom is -0.464 e. The molecule has 0 N–H and O–H groups in total. The highest BCUT2D eigenvalue weighted by Crippen LogP contribution is 2.31. The van der Waals surface area contributed by atoms with Crippen LogP contribution in [0.25, 0.3) is 0 Å². The maximum absolute atomic E-state index is 12.5. The number of anilines is 1. The number of nitrogens with zero attached hydrogens (tertiary/aromatic N) is 2. The Bertz CT molecular complexity index is 473. The van der Waals surface area contributed by atoms with E-state index in [-0.39, 0.29) is 12.6 Å². The maximum Gasteiger partial charge on any atom is 0.417 e. The normalized spacial score (nSPS) is 19.2. The first-order valence-corrected chi connectivity index (χ1v) is 6.40. The number of rotatable bonds is 3. The lowest BCUT2D eigenvalue weighted by Gasteiger charge is -2.24. The average Bonchev–Trinajstić information content (AvgIpc) is 2.87. The summed E-state index contributed by atoms with van der Waals surface area (Å²) in [5.41, 5.74) is -0.798. The SMILES string of the molecule is CCOC(=O)C1CCCN1c1ccc(C(F)(F)F)cn1. The van der Waals surface area contributed by atoms with Crippen LogP contribution in [0.3, 0.4) is 0 Å². The number of hydrogen-bond acceptors (Lipinski definition) is 4. The summed E-state index contributed by atoms with van der Waals surface area (Å²) in [7, 11) is 0. The van der Waals surface area contributed by atoms with Crippen molar-refractivity contribution in [3.05, 3.63) is 23.9 Å². The monoisotopic (exact) mass is 288 g/mol. The molecule has 1 fully saturated rings. The first-order chi connectivity index (χ1) is 9.43. The van der Waals surface area contributed by atoms with Gasteiger partial charge in [-0.3, -0.25) is 0 Å². The van der Waals surface area contributed by atoms with Crippen molar-refractivity contribution in [2.75, 3.05) is 18.1 Å². The fraction of sp³-hybridized carbons (Fsp3) is 0.538. The van der Waals surface area contributed by atoms with Crippen molar-refractivity contribution in [1.29, 1.82) is 0 Å². The summed E-state index contributed by atoms with van der Waals surface area (Å²) in [6.07, 6.45) is -2.21. The third-order valence-electron chi connectivity index (χ3n) is 3.18. The van der Waals surface area contributed by atoms with Gasteiger partial charge in [-0.2, -0.15) is 13.2 Å². The molecule has 1 aliphatic heterocycles. The zero-order valence-electron chi connectivity index (χ0n) is 11.0. The largest absolute Gasteiger partial charge is 0.464 e.